The summed E-state index contributed by atoms with van der Waals surface area (Å²) in [7, 11) is 2.24. The predicted molar refractivity (Wildman–Crippen MR) is 82.3 cm³/mol. The van der Waals surface area contributed by atoms with Crippen molar-refractivity contribution in [2.45, 2.75) is 45.7 Å². The molecule has 0 amide bonds. The Morgan fingerprint density at radius 2 is 2.05 bits per heavy atom. The summed E-state index contributed by atoms with van der Waals surface area (Å²) < 4.78 is 0. The van der Waals surface area contributed by atoms with Gasteiger partial charge < -0.3 is 10.2 Å². The lowest BCUT2D eigenvalue weighted by Gasteiger charge is -2.34. The van der Waals surface area contributed by atoms with Gasteiger partial charge in [0.15, 0.2) is 0 Å². The summed E-state index contributed by atoms with van der Waals surface area (Å²) in [4.78, 5) is 2.46. The van der Waals surface area contributed by atoms with Crippen molar-refractivity contribution in [3.8, 4) is 0 Å². The van der Waals surface area contributed by atoms with Crippen molar-refractivity contribution in [2.24, 2.45) is 5.92 Å². The summed E-state index contributed by atoms with van der Waals surface area (Å²) in [6.45, 7) is 8.09. The van der Waals surface area contributed by atoms with Crippen molar-refractivity contribution in [3.63, 3.8) is 0 Å². The van der Waals surface area contributed by atoms with Crippen LogP contribution in [0.1, 0.15) is 37.8 Å². The average Bonchev–Trinajstić information content (AvgIpc) is 2.45. The maximum atomic E-state index is 3.74. The first-order valence-electron chi connectivity index (χ1n) is 7.69. The Kier molecular flexibility index (Phi) is 5.41. The molecule has 0 aromatic heterocycles. The highest BCUT2D eigenvalue weighted by atomic mass is 15.1. The molecule has 2 heteroatoms. The Morgan fingerprint density at radius 3 is 2.74 bits per heavy atom. The minimum absolute atomic E-state index is 0.604. The van der Waals surface area contributed by atoms with E-state index in [0.29, 0.717) is 6.04 Å². The van der Waals surface area contributed by atoms with Gasteiger partial charge in [-0.25, -0.2) is 0 Å². The van der Waals surface area contributed by atoms with Gasteiger partial charge in [-0.2, -0.15) is 0 Å². The number of benzene rings is 1. The Bertz CT molecular complexity index is 389. The molecule has 1 N–H and O–H groups in total. The number of piperidine rings is 1. The number of hydrogen-bond donors (Lipinski definition) is 1. The molecule has 1 heterocycles. The van der Waals surface area contributed by atoms with Gasteiger partial charge >= 0.3 is 0 Å². The Hall–Kier alpha value is -0.860. The average molecular weight is 260 g/mol. The fourth-order valence-corrected chi connectivity index (χ4v) is 3.13. The van der Waals surface area contributed by atoms with Crippen molar-refractivity contribution in [2.75, 3.05) is 20.1 Å². The molecule has 106 valence electrons. The van der Waals surface area contributed by atoms with Crippen LogP contribution in [0.2, 0.25) is 0 Å². The maximum Gasteiger partial charge on any atom is 0.0210 e. The minimum Gasteiger partial charge on any atom is -0.310 e. The molecule has 2 nitrogen and oxygen atoms in total. The molecule has 1 fully saturated rings. The smallest absolute Gasteiger partial charge is 0.0210 e. The van der Waals surface area contributed by atoms with Crippen LogP contribution in [0.3, 0.4) is 0 Å². The van der Waals surface area contributed by atoms with Gasteiger partial charge in [0.2, 0.25) is 0 Å². The van der Waals surface area contributed by atoms with E-state index in [9.17, 15) is 0 Å². The topological polar surface area (TPSA) is 15.3 Å². The van der Waals surface area contributed by atoms with E-state index in [2.05, 4.69) is 55.4 Å². The van der Waals surface area contributed by atoms with E-state index in [1.807, 2.05) is 0 Å². The number of aryl methyl sites for hydroxylation is 1. The first-order chi connectivity index (χ1) is 9.20. The lowest BCUT2D eigenvalue weighted by atomic mass is 9.91. The van der Waals surface area contributed by atoms with E-state index >= 15 is 0 Å². The second kappa shape index (κ2) is 7.06. The van der Waals surface area contributed by atoms with Crippen LogP contribution in [0.25, 0.3) is 0 Å². The van der Waals surface area contributed by atoms with E-state index in [1.165, 1.54) is 37.1 Å². The highest BCUT2D eigenvalue weighted by Crippen LogP contribution is 2.19. The largest absolute Gasteiger partial charge is 0.310 e. The Morgan fingerprint density at radius 1 is 1.32 bits per heavy atom. The molecule has 1 aliphatic heterocycles. The van der Waals surface area contributed by atoms with Crippen LogP contribution in [-0.4, -0.2) is 31.1 Å². The zero-order chi connectivity index (χ0) is 13.7. The summed E-state index contributed by atoms with van der Waals surface area (Å²) in [6.07, 6.45) is 3.84. The van der Waals surface area contributed by atoms with Crippen LogP contribution in [-0.2, 0) is 13.0 Å². The summed E-state index contributed by atoms with van der Waals surface area (Å²) in [5.41, 5.74) is 2.93. The fourth-order valence-electron chi connectivity index (χ4n) is 3.13. The summed E-state index contributed by atoms with van der Waals surface area (Å²) in [5.74, 6) is 0.799. The second-order valence-electron chi connectivity index (χ2n) is 5.96. The van der Waals surface area contributed by atoms with Gasteiger partial charge in [-0.1, -0.05) is 31.2 Å². The van der Waals surface area contributed by atoms with Gasteiger partial charge in [0.1, 0.15) is 0 Å². The lowest BCUT2D eigenvalue weighted by Crippen LogP contribution is -2.42. The molecule has 0 spiro atoms. The number of likely N-dealkylation sites (tertiary alicyclic amines) is 1. The van der Waals surface area contributed by atoms with Crippen LogP contribution in [0.5, 0.6) is 0 Å². The van der Waals surface area contributed by atoms with Gasteiger partial charge in [-0.3, -0.25) is 0 Å². The molecular weight excluding hydrogens is 232 g/mol. The highest BCUT2D eigenvalue weighted by Gasteiger charge is 2.22. The third kappa shape index (κ3) is 4.05. The van der Waals surface area contributed by atoms with Crippen molar-refractivity contribution >= 4 is 0 Å². The lowest BCUT2D eigenvalue weighted by molar-refractivity contribution is 0.178. The third-order valence-electron chi connectivity index (χ3n) is 4.48. The zero-order valence-corrected chi connectivity index (χ0v) is 12.7. The second-order valence-corrected chi connectivity index (χ2v) is 5.96. The van der Waals surface area contributed by atoms with Crippen LogP contribution in [0, 0.1) is 5.92 Å². The van der Waals surface area contributed by atoms with Crippen molar-refractivity contribution in [3.05, 3.63) is 35.4 Å². The SMILES string of the molecule is CCc1ccccc1CNC(C)C1CCCN(C)C1. The normalized spacial score (nSPS) is 22.4. The Balaban J connectivity index is 1.87. The first-order valence-corrected chi connectivity index (χ1v) is 7.69. The summed E-state index contributed by atoms with van der Waals surface area (Å²) in [5, 5.41) is 3.74. The molecule has 0 radical (unpaired) electrons. The molecule has 0 aliphatic carbocycles. The van der Waals surface area contributed by atoms with Crippen LogP contribution >= 0.6 is 0 Å². The highest BCUT2D eigenvalue weighted by molar-refractivity contribution is 5.26. The first kappa shape index (κ1) is 14.5. The predicted octanol–water partition coefficient (Wildman–Crippen LogP) is 3.07. The van der Waals surface area contributed by atoms with E-state index in [0.717, 1.165) is 18.9 Å². The number of nitrogens with zero attached hydrogens (tertiary/aromatic N) is 1. The van der Waals surface area contributed by atoms with Crippen molar-refractivity contribution in [1.82, 2.24) is 10.2 Å². The molecular formula is C17H28N2. The zero-order valence-electron chi connectivity index (χ0n) is 12.7. The van der Waals surface area contributed by atoms with Gasteiger partial charge in [0, 0.05) is 19.1 Å². The minimum atomic E-state index is 0.604. The van der Waals surface area contributed by atoms with Gasteiger partial charge in [-0.15, -0.1) is 0 Å². The van der Waals surface area contributed by atoms with Crippen molar-refractivity contribution in [1.29, 1.82) is 0 Å². The van der Waals surface area contributed by atoms with Gasteiger partial charge in [-0.05, 0) is 56.8 Å². The van der Waals surface area contributed by atoms with Crippen LogP contribution < -0.4 is 5.32 Å². The molecule has 2 atom stereocenters. The van der Waals surface area contributed by atoms with E-state index in [-0.39, 0.29) is 0 Å². The molecule has 1 saturated heterocycles. The Labute approximate surface area is 118 Å². The van der Waals surface area contributed by atoms with E-state index < -0.39 is 0 Å². The standard InChI is InChI=1S/C17H28N2/c1-4-15-8-5-6-9-16(15)12-18-14(2)17-10-7-11-19(3)13-17/h5-6,8-9,14,17-18H,4,7,10-13H2,1-3H3. The molecule has 0 bridgehead atoms. The quantitative estimate of drug-likeness (QED) is 0.875. The van der Waals surface area contributed by atoms with Crippen LogP contribution in [0.4, 0.5) is 0 Å². The fraction of sp³-hybridized carbons (Fsp3) is 0.647. The van der Waals surface area contributed by atoms with Gasteiger partial charge in [0.25, 0.3) is 0 Å². The molecule has 19 heavy (non-hydrogen) atoms. The number of nitrogens with one attached hydrogen (secondary N) is 1. The molecule has 1 aromatic carbocycles. The molecule has 1 aromatic rings. The molecule has 0 saturated carbocycles. The third-order valence-corrected chi connectivity index (χ3v) is 4.48. The molecule has 2 unspecified atom stereocenters. The summed E-state index contributed by atoms with van der Waals surface area (Å²) in [6, 6.07) is 9.39. The molecule has 1 aliphatic rings. The van der Waals surface area contributed by atoms with Crippen molar-refractivity contribution < 1.29 is 0 Å². The molecule has 2 rings (SSSR count). The number of rotatable bonds is 5. The number of hydrogen-bond acceptors (Lipinski definition) is 2. The maximum absolute atomic E-state index is 3.74. The van der Waals surface area contributed by atoms with E-state index in [1.54, 1.807) is 0 Å². The van der Waals surface area contributed by atoms with Crippen LogP contribution in [0.15, 0.2) is 24.3 Å². The van der Waals surface area contributed by atoms with E-state index in [4.69, 9.17) is 0 Å². The van der Waals surface area contributed by atoms with Gasteiger partial charge in [0.05, 0.1) is 0 Å². The summed E-state index contributed by atoms with van der Waals surface area (Å²) >= 11 is 0. The monoisotopic (exact) mass is 260 g/mol.